The number of ether oxygens (including phenoxy) is 3. The van der Waals surface area contributed by atoms with Gasteiger partial charge in [-0.25, -0.2) is 16.2 Å². The molecule has 4 aromatic carbocycles. The number of fused-ring (bicyclic) bond motifs is 4. The predicted octanol–water partition coefficient (Wildman–Crippen LogP) is 7.41. The number of nitrogens with zero attached hydrogens (tertiary/aromatic N) is 2. The number of nitriles is 1. The molecule has 54 heavy (non-hydrogen) atoms. The first-order valence-corrected chi connectivity index (χ1v) is 17.5. The summed E-state index contributed by atoms with van der Waals surface area (Å²) in [5, 5.41) is 9.73. The molecule has 0 fully saturated rings. The van der Waals surface area contributed by atoms with Gasteiger partial charge in [0, 0.05) is 17.5 Å². The van der Waals surface area contributed by atoms with E-state index in [1.165, 1.54) is 25.3 Å². The van der Waals surface area contributed by atoms with E-state index in [1.54, 1.807) is 12.1 Å². The Bertz CT molecular complexity index is 2150. The molecule has 6 rings (SSSR count). The van der Waals surface area contributed by atoms with Gasteiger partial charge in [-0.05, 0) is 108 Å². The highest BCUT2D eigenvalue weighted by molar-refractivity contribution is 5.90. The zero-order chi connectivity index (χ0) is 39.4. The van der Waals surface area contributed by atoms with Crippen LogP contribution in [0.3, 0.4) is 0 Å². The maximum atomic E-state index is 12.0. The molecule has 4 aromatic rings. The van der Waals surface area contributed by atoms with Crippen molar-refractivity contribution < 1.29 is 38.2 Å². The van der Waals surface area contributed by atoms with Gasteiger partial charge in [0.25, 0.3) is 12.0 Å². The fraction of sp³-hybridized carbons (Fsp3) is 0.318. The van der Waals surface area contributed by atoms with Crippen molar-refractivity contribution in [3.63, 3.8) is 0 Å². The van der Waals surface area contributed by atoms with Crippen LogP contribution in [-0.2, 0) is 66.4 Å². The summed E-state index contributed by atoms with van der Waals surface area (Å²) in [5.74, 6) is -0.723. The fourth-order valence-electron chi connectivity index (χ4n) is 7.47. The lowest BCUT2D eigenvalue weighted by atomic mass is 9.75. The van der Waals surface area contributed by atoms with E-state index in [1.807, 2.05) is 42.5 Å². The summed E-state index contributed by atoms with van der Waals surface area (Å²) >= 11 is 0. The normalized spacial score (nSPS) is 16.0. The summed E-state index contributed by atoms with van der Waals surface area (Å²) in [4.78, 5) is 54.6. The monoisotopic (exact) mass is 726 g/mol. The van der Waals surface area contributed by atoms with Crippen LogP contribution in [0.2, 0.25) is 0 Å². The first-order chi connectivity index (χ1) is 26.0. The number of esters is 2. The number of hydrogen-bond acceptors (Lipinski definition) is 9. The first-order valence-electron chi connectivity index (χ1n) is 17.5. The first kappa shape index (κ1) is 40.4. The van der Waals surface area contributed by atoms with Crippen LogP contribution in [-0.4, -0.2) is 38.8 Å². The molecule has 2 atom stereocenters. The second-order valence-corrected chi connectivity index (χ2v) is 13.6. The van der Waals surface area contributed by atoms with Gasteiger partial charge < -0.3 is 14.2 Å². The minimum absolute atomic E-state index is 0.216. The molecule has 0 saturated heterocycles. The van der Waals surface area contributed by atoms with Crippen molar-refractivity contribution in [2.75, 3.05) is 14.2 Å². The zero-order valence-electron chi connectivity index (χ0n) is 31.1. The van der Waals surface area contributed by atoms with E-state index in [4.69, 9.17) is 30.4 Å². The van der Waals surface area contributed by atoms with Crippen molar-refractivity contribution in [2.24, 2.45) is 5.92 Å². The van der Waals surface area contributed by atoms with Crippen molar-refractivity contribution >= 4 is 24.6 Å². The van der Waals surface area contributed by atoms with Crippen molar-refractivity contribution in [1.29, 1.82) is 5.26 Å². The van der Waals surface area contributed by atoms with Crippen molar-refractivity contribution in [3.05, 3.63) is 151 Å². The van der Waals surface area contributed by atoms with Crippen LogP contribution < -0.4 is 0 Å². The third-order valence-electron chi connectivity index (χ3n) is 9.74. The van der Waals surface area contributed by atoms with Gasteiger partial charge in [-0.3, -0.25) is 9.64 Å². The smallest absolute Gasteiger partial charge is 0.373 e. The van der Waals surface area contributed by atoms with Crippen molar-refractivity contribution in [2.45, 2.75) is 70.9 Å². The van der Waals surface area contributed by atoms with Gasteiger partial charge in [0.1, 0.15) is 6.61 Å². The topological polar surface area (TPSA) is 141 Å². The van der Waals surface area contributed by atoms with E-state index in [9.17, 15) is 19.6 Å². The van der Waals surface area contributed by atoms with Gasteiger partial charge in [-0.2, -0.15) is 14.9 Å². The maximum Gasteiger partial charge on any atom is 0.373 e. The molecule has 0 aromatic heterocycles. The number of aryl methyl sites for hydroxylation is 5. The average Bonchev–Trinajstić information content (AvgIpc) is 3.41. The molecule has 2 aliphatic rings. The van der Waals surface area contributed by atoms with Crippen molar-refractivity contribution in [1.82, 2.24) is 0 Å². The lowest BCUT2D eigenvalue weighted by Crippen LogP contribution is -2.27. The summed E-state index contributed by atoms with van der Waals surface area (Å²) in [7, 11) is 2.75. The highest BCUT2D eigenvalue weighted by Crippen LogP contribution is 2.46. The summed E-state index contributed by atoms with van der Waals surface area (Å²) in [6, 6.07) is 25.6. The van der Waals surface area contributed by atoms with Crippen LogP contribution in [0.25, 0.3) is 4.85 Å². The van der Waals surface area contributed by atoms with Crippen LogP contribution in [0, 0.1) is 30.7 Å². The molecule has 0 spiro atoms. The largest absolute Gasteiger partial charge is 0.465 e. The molecule has 2 aliphatic carbocycles. The number of carbonyl (C=O) groups is 3. The van der Waals surface area contributed by atoms with E-state index >= 15 is 0 Å². The molecular weight excluding hydrogens is 684 g/mol. The molecule has 10 heteroatoms. The molecule has 10 nitrogen and oxygen atoms in total. The van der Waals surface area contributed by atoms with Crippen LogP contribution in [0.15, 0.2) is 72.8 Å². The van der Waals surface area contributed by atoms with E-state index in [2.05, 4.69) is 49.9 Å². The molecule has 0 aliphatic heterocycles. The van der Waals surface area contributed by atoms with Crippen LogP contribution in [0.1, 0.15) is 103 Å². The molecule has 0 radical (unpaired) electrons. The predicted molar refractivity (Wildman–Crippen MR) is 198 cm³/mol. The lowest BCUT2D eigenvalue weighted by Gasteiger charge is -2.27. The quantitative estimate of drug-likeness (QED) is 0.0824. The molecule has 0 bridgehead atoms. The molecule has 276 valence electrons. The molecule has 2 unspecified atom stereocenters. The molecule has 0 saturated carbocycles. The van der Waals surface area contributed by atoms with Crippen LogP contribution >= 0.6 is 0 Å². The Morgan fingerprint density at radius 2 is 1.33 bits per heavy atom. The Balaban J connectivity index is 0.000000225. The maximum absolute atomic E-state index is 12.0. The lowest BCUT2D eigenvalue weighted by molar-refractivity contribution is -0.191. The summed E-state index contributed by atoms with van der Waals surface area (Å²) in [6.45, 7) is 15.2. The molecule has 0 amide bonds. The molecular formula is C44H42N2O8. The average molecular weight is 727 g/mol. The third kappa shape index (κ3) is 8.81. The van der Waals surface area contributed by atoms with Crippen molar-refractivity contribution in [3.8, 4) is 6.07 Å². The second kappa shape index (κ2) is 18.4. The summed E-state index contributed by atoms with van der Waals surface area (Å²) in [6.07, 6.45) is 4.19. The fourth-order valence-corrected chi connectivity index (χ4v) is 7.47. The minimum atomic E-state index is -0.697. The number of carbonyl (C=O) groups excluding carboxylic acids is 5. The minimum Gasteiger partial charge on any atom is -0.465 e. The Morgan fingerprint density at radius 1 is 0.833 bits per heavy atom. The molecule has 0 N–H and O–H groups in total. The van der Waals surface area contributed by atoms with Gasteiger partial charge in [-0.1, -0.05) is 61.9 Å². The number of rotatable bonds is 7. The van der Waals surface area contributed by atoms with E-state index in [0.717, 1.165) is 76.6 Å². The highest BCUT2D eigenvalue weighted by Gasteiger charge is 2.46. The summed E-state index contributed by atoms with van der Waals surface area (Å²) in [5.41, 5.74) is 10.9. The standard InChI is InChI=1S/C23H25NO2.C20H17NO4.CO2/c1-15(2)14-23(24-4)20-10-6-16(3)12-17(20)7-8-18-13-19(22(25)26-5)9-11-21(18)23;1-24-20(23)16-5-7-18-15(9-16)4-3-14-8-13(11-25-12-22)2-6-17(14)19(18)10-21;2-1-3/h6,9-13,15H,7-8,14H2,1-3,5H3;2,5-9,12,19H,3-4,11H2,1H3;. The van der Waals surface area contributed by atoms with E-state index in [-0.39, 0.29) is 30.6 Å². The van der Waals surface area contributed by atoms with Gasteiger partial charge in [0.15, 0.2) is 0 Å². The van der Waals surface area contributed by atoms with Gasteiger partial charge >= 0.3 is 18.1 Å². The molecule has 0 heterocycles. The zero-order valence-corrected chi connectivity index (χ0v) is 31.1. The highest BCUT2D eigenvalue weighted by atomic mass is 16.5. The number of benzene rings is 4. The Hall–Kier alpha value is -6.35. The summed E-state index contributed by atoms with van der Waals surface area (Å²) < 4.78 is 14.5. The van der Waals surface area contributed by atoms with Crippen LogP contribution in [0.4, 0.5) is 0 Å². The van der Waals surface area contributed by atoms with Gasteiger partial charge in [0.05, 0.1) is 37.3 Å². The number of hydrogen-bond donors (Lipinski definition) is 0. The Labute approximate surface area is 315 Å². The SMILES string of the molecule is COC(=O)c1ccc2c(c1)CCc1cc(COC=O)ccc1C2C#N.O=C=O.[C-]#[N+]C1(CC(C)C)c2ccc(C)cc2CCc2cc(C(=O)OC)ccc21. The Kier molecular flexibility index (Phi) is 13.8. The Morgan fingerprint density at radius 3 is 1.87 bits per heavy atom. The van der Waals surface area contributed by atoms with Gasteiger partial charge in [0.2, 0.25) is 0 Å². The van der Waals surface area contributed by atoms with Crippen LogP contribution in [0.5, 0.6) is 0 Å². The van der Waals surface area contributed by atoms with E-state index < -0.39 is 5.54 Å². The van der Waals surface area contributed by atoms with Gasteiger partial charge in [-0.15, -0.1) is 0 Å². The van der Waals surface area contributed by atoms with E-state index in [0.29, 0.717) is 23.5 Å². The third-order valence-corrected chi connectivity index (χ3v) is 9.74. The second-order valence-electron chi connectivity index (χ2n) is 13.6. The number of methoxy groups -OCH3 is 2.